The maximum atomic E-state index is 12.0. The first-order chi connectivity index (χ1) is 7.16. The fraction of sp³-hybridized carbons (Fsp3) is 0.0833. The van der Waals surface area contributed by atoms with Gasteiger partial charge in [0.15, 0.2) is 0 Å². The van der Waals surface area contributed by atoms with Crippen molar-refractivity contribution < 1.29 is 4.79 Å². The van der Waals surface area contributed by atoms with Crippen LogP contribution in [-0.4, -0.2) is 5.78 Å². The predicted octanol–water partition coefficient (Wildman–Crippen LogP) is 4.05. The number of carbonyl (C=O) groups excluding carboxylic acids is 1. The van der Waals surface area contributed by atoms with Crippen molar-refractivity contribution in [1.29, 1.82) is 0 Å². The molecule has 2 rings (SSSR count). The Labute approximate surface area is 101 Å². The summed E-state index contributed by atoms with van der Waals surface area (Å²) in [4.78, 5) is 12.8. The summed E-state index contributed by atoms with van der Waals surface area (Å²) in [5.41, 5.74) is 1.87. The summed E-state index contributed by atoms with van der Waals surface area (Å²) in [5, 5.41) is 1.99. The van der Waals surface area contributed by atoms with E-state index in [-0.39, 0.29) is 5.78 Å². The molecule has 0 saturated heterocycles. The van der Waals surface area contributed by atoms with Crippen LogP contribution in [0.2, 0.25) is 0 Å². The maximum absolute atomic E-state index is 12.0. The highest BCUT2D eigenvalue weighted by Gasteiger charge is 2.10. The lowest BCUT2D eigenvalue weighted by molar-refractivity contribution is 0.104. The molecule has 1 aromatic heterocycles. The van der Waals surface area contributed by atoms with Crippen LogP contribution < -0.4 is 0 Å². The quantitative estimate of drug-likeness (QED) is 0.759. The van der Waals surface area contributed by atoms with E-state index in [0.29, 0.717) is 0 Å². The van der Waals surface area contributed by atoms with Gasteiger partial charge in [0.05, 0.1) is 4.88 Å². The van der Waals surface area contributed by atoms with Gasteiger partial charge in [-0.25, -0.2) is 0 Å². The molecular weight excluding hydrogens is 272 g/mol. The van der Waals surface area contributed by atoms with Crippen LogP contribution >= 0.6 is 27.3 Å². The van der Waals surface area contributed by atoms with Gasteiger partial charge in [0.1, 0.15) is 0 Å². The molecule has 0 radical (unpaired) electrons. The van der Waals surface area contributed by atoms with Gasteiger partial charge in [-0.05, 0) is 36.1 Å². The van der Waals surface area contributed by atoms with Gasteiger partial charge in [0, 0.05) is 10.0 Å². The lowest BCUT2D eigenvalue weighted by Crippen LogP contribution is -1.97. The molecule has 1 aromatic carbocycles. The third-order valence-electron chi connectivity index (χ3n) is 2.04. The SMILES string of the molecule is Cc1csc(C(=O)c2cccc(Br)c2)c1. The van der Waals surface area contributed by atoms with Gasteiger partial charge in [-0.2, -0.15) is 0 Å². The number of rotatable bonds is 2. The Morgan fingerprint density at radius 3 is 2.73 bits per heavy atom. The number of hydrogen-bond donors (Lipinski definition) is 0. The van der Waals surface area contributed by atoms with Crippen molar-refractivity contribution in [2.24, 2.45) is 0 Å². The molecule has 0 aliphatic heterocycles. The molecule has 1 heterocycles. The van der Waals surface area contributed by atoms with Crippen LogP contribution in [-0.2, 0) is 0 Å². The van der Waals surface area contributed by atoms with Gasteiger partial charge >= 0.3 is 0 Å². The Kier molecular flexibility index (Phi) is 3.03. The van der Waals surface area contributed by atoms with Crippen molar-refractivity contribution in [2.75, 3.05) is 0 Å². The standard InChI is InChI=1S/C12H9BrOS/c1-8-5-11(15-7-8)12(14)9-3-2-4-10(13)6-9/h2-7H,1H3. The second-order valence-electron chi connectivity index (χ2n) is 3.33. The number of benzene rings is 1. The topological polar surface area (TPSA) is 17.1 Å². The minimum atomic E-state index is 0.0920. The van der Waals surface area contributed by atoms with E-state index < -0.39 is 0 Å². The second kappa shape index (κ2) is 4.29. The minimum Gasteiger partial charge on any atom is -0.288 e. The number of ketones is 1. The van der Waals surface area contributed by atoms with Gasteiger partial charge in [0.2, 0.25) is 5.78 Å². The Balaban J connectivity index is 2.36. The van der Waals surface area contributed by atoms with Crippen LogP contribution in [0.3, 0.4) is 0 Å². The van der Waals surface area contributed by atoms with Gasteiger partial charge in [0.25, 0.3) is 0 Å². The van der Waals surface area contributed by atoms with Crippen LogP contribution in [0.5, 0.6) is 0 Å². The van der Waals surface area contributed by atoms with E-state index in [4.69, 9.17) is 0 Å². The van der Waals surface area contributed by atoms with E-state index in [1.807, 2.05) is 42.6 Å². The highest BCUT2D eigenvalue weighted by atomic mass is 79.9. The number of hydrogen-bond acceptors (Lipinski definition) is 2. The molecule has 3 heteroatoms. The van der Waals surface area contributed by atoms with Gasteiger partial charge in [-0.1, -0.05) is 28.1 Å². The molecule has 0 fully saturated rings. The number of aryl methyl sites for hydroxylation is 1. The molecule has 2 aromatic rings. The first-order valence-corrected chi connectivity index (χ1v) is 6.19. The fourth-order valence-electron chi connectivity index (χ4n) is 1.32. The maximum Gasteiger partial charge on any atom is 0.202 e. The van der Waals surface area contributed by atoms with Crippen LogP contribution in [0.25, 0.3) is 0 Å². The van der Waals surface area contributed by atoms with Crippen LogP contribution in [0.4, 0.5) is 0 Å². The monoisotopic (exact) mass is 280 g/mol. The molecule has 76 valence electrons. The average Bonchev–Trinajstić information content (AvgIpc) is 2.64. The molecule has 15 heavy (non-hydrogen) atoms. The molecule has 0 aliphatic carbocycles. The molecule has 0 bridgehead atoms. The number of thiophene rings is 1. The predicted molar refractivity (Wildman–Crippen MR) is 66.6 cm³/mol. The lowest BCUT2D eigenvalue weighted by atomic mass is 10.1. The molecule has 1 nitrogen and oxygen atoms in total. The van der Waals surface area contributed by atoms with E-state index in [1.165, 1.54) is 11.3 Å². The molecule has 0 saturated carbocycles. The third kappa shape index (κ3) is 2.36. The smallest absolute Gasteiger partial charge is 0.202 e. The lowest BCUT2D eigenvalue weighted by Gasteiger charge is -1.98. The van der Waals surface area contributed by atoms with Gasteiger partial charge in [-0.3, -0.25) is 4.79 Å². The zero-order valence-corrected chi connectivity index (χ0v) is 10.6. The molecule has 0 spiro atoms. The van der Waals surface area contributed by atoms with Crippen molar-refractivity contribution in [2.45, 2.75) is 6.92 Å². The number of halogens is 1. The fourth-order valence-corrected chi connectivity index (χ4v) is 2.58. The Hall–Kier alpha value is -0.930. The average molecular weight is 281 g/mol. The van der Waals surface area contributed by atoms with E-state index >= 15 is 0 Å². The van der Waals surface area contributed by atoms with Gasteiger partial charge in [-0.15, -0.1) is 11.3 Å². The second-order valence-corrected chi connectivity index (χ2v) is 5.15. The summed E-state index contributed by atoms with van der Waals surface area (Å²) in [6, 6.07) is 9.39. The van der Waals surface area contributed by atoms with Crippen molar-refractivity contribution in [3.05, 3.63) is 56.2 Å². The first kappa shape index (κ1) is 10.6. The summed E-state index contributed by atoms with van der Waals surface area (Å²) in [6.45, 7) is 1.99. The zero-order chi connectivity index (χ0) is 10.8. The molecule has 0 aliphatic rings. The van der Waals surface area contributed by atoms with E-state index in [2.05, 4.69) is 15.9 Å². The van der Waals surface area contributed by atoms with Crippen molar-refractivity contribution >= 4 is 33.0 Å². The summed E-state index contributed by atoms with van der Waals surface area (Å²) < 4.78 is 0.932. The first-order valence-electron chi connectivity index (χ1n) is 4.52. The molecule has 0 N–H and O–H groups in total. The van der Waals surface area contributed by atoms with Crippen molar-refractivity contribution in [3.63, 3.8) is 0 Å². The molecular formula is C12H9BrOS. The van der Waals surface area contributed by atoms with E-state index in [0.717, 1.165) is 20.5 Å². The number of carbonyl (C=O) groups is 1. The Morgan fingerprint density at radius 2 is 2.13 bits per heavy atom. The summed E-state index contributed by atoms with van der Waals surface area (Å²) in [5.74, 6) is 0.0920. The largest absolute Gasteiger partial charge is 0.288 e. The molecule has 0 unspecified atom stereocenters. The highest BCUT2D eigenvalue weighted by molar-refractivity contribution is 9.10. The molecule has 0 amide bonds. The van der Waals surface area contributed by atoms with Gasteiger partial charge < -0.3 is 0 Å². The van der Waals surface area contributed by atoms with E-state index in [1.54, 1.807) is 0 Å². The van der Waals surface area contributed by atoms with Crippen LogP contribution in [0, 0.1) is 6.92 Å². The third-order valence-corrected chi connectivity index (χ3v) is 3.58. The van der Waals surface area contributed by atoms with Crippen LogP contribution in [0.15, 0.2) is 40.2 Å². The van der Waals surface area contributed by atoms with Crippen molar-refractivity contribution in [1.82, 2.24) is 0 Å². The highest BCUT2D eigenvalue weighted by Crippen LogP contribution is 2.20. The summed E-state index contributed by atoms with van der Waals surface area (Å²) >= 11 is 4.85. The van der Waals surface area contributed by atoms with Crippen LogP contribution in [0.1, 0.15) is 20.8 Å². The molecule has 0 atom stereocenters. The van der Waals surface area contributed by atoms with E-state index in [9.17, 15) is 4.79 Å². The normalized spacial score (nSPS) is 10.3. The summed E-state index contributed by atoms with van der Waals surface area (Å²) in [7, 11) is 0. The Bertz CT molecular complexity index is 502. The zero-order valence-electron chi connectivity index (χ0n) is 8.16. The Morgan fingerprint density at radius 1 is 1.33 bits per heavy atom. The summed E-state index contributed by atoms with van der Waals surface area (Å²) in [6.07, 6.45) is 0. The minimum absolute atomic E-state index is 0.0920. The van der Waals surface area contributed by atoms with Crippen molar-refractivity contribution in [3.8, 4) is 0 Å².